The zero-order valence-corrected chi connectivity index (χ0v) is 15.2. The molecule has 1 aromatic heterocycles. The van der Waals surface area contributed by atoms with Gasteiger partial charge in [0.1, 0.15) is 0 Å². The van der Waals surface area contributed by atoms with Crippen LogP contribution in [0.15, 0.2) is 52.7 Å². The monoisotopic (exact) mass is 370 g/mol. The number of aryl methyl sites for hydroxylation is 1. The Morgan fingerprint density at radius 2 is 2.15 bits per heavy atom. The first-order chi connectivity index (χ1) is 12.6. The van der Waals surface area contributed by atoms with Crippen LogP contribution in [0.3, 0.4) is 0 Å². The van der Waals surface area contributed by atoms with E-state index in [0.29, 0.717) is 11.3 Å². The molecule has 0 aliphatic carbocycles. The quantitative estimate of drug-likeness (QED) is 0.395. The first-order valence-electron chi connectivity index (χ1n) is 7.82. The molecule has 0 unspecified atom stereocenters. The van der Waals surface area contributed by atoms with Crippen molar-refractivity contribution in [1.29, 1.82) is 0 Å². The molecule has 0 atom stereocenters. The number of aromatic nitrogens is 2. The van der Waals surface area contributed by atoms with Crippen LogP contribution >= 0.6 is 11.8 Å². The van der Waals surface area contributed by atoms with Crippen molar-refractivity contribution in [1.82, 2.24) is 15.0 Å². The summed E-state index contributed by atoms with van der Waals surface area (Å²) in [5.41, 5.74) is 4.80. The minimum absolute atomic E-state index is 0.0259. The van der Waals surface area contributed by atoms with Gasteiger partial charge in [-0.3, -0.25) is 4.79 Å². The average Bonchev–Trinajstić information content (AvgIpc) is 2.98. The van der Waals surface area contributed by atoms with E-state index in [-0.39, 0.29) is 17.4 Å². The predicted octanol–water partition coefficient (Wildman–Crippen LogP) is 2.53. The maximum absolute atomic E-state index is 12.0. The summed E-state index contributed by atoms with van der Waals surface area (Å²) in [7, 11) is 3.38. The van der Waals surface area contributed by atoms with Crippen molar-refractivity contribution in [3.05, 3.63) is 48.0 Å². The van der Waals surface area contributed by atoms with Gasteiger partial charge in [-0.1, -0.05) is 30.0 Å². The predicted molar refractivity (Wildman–Crippen MR) is 102 cm³/mol. The van der Waals surface area contributed by atoms with Crippen LogP contribution in [0.4, 0.5) is 0 Å². The molecule has 7 nitrogen and oxygen atoms in total. The zero-order chi connectivity index (χ0) is 18.5. The highest BCUT2D eigenvalue weighted by molar-refractivity contribution is 7.99. The summed E-state index contributed by atoms with van der Waals surface area (Å²) >= 11 is 1.33. The SMILES string of the molecule is COc1cccc(C=NNC(=O)CSc2nc3ccccc3n2C)c1O. The highest BCUT2D eigenvalue weighted by Crippen LogP contribution is 2.28. The molecule has 0 aliphatic rings. The molecule has 3 aromatic rings. The number of thioether (sulfide) groups is 1. The molecular weight excluding hydrogens is 352 g/mol. The summed E-state index contributed by atoms with van der Waals surface area (Å²) in [6.45, 7) is 0. The summed E-state index contributed by atoms with van der Waals surface area (Å²) in [6, 6.07) is 12.8. The van der Waals surface area contributed by atoms with Gasteiger partial charge in [0.05, 0.1) is 30.1 Å². The van der Waals surface area contributed by atoms with Crippen molar-refractivity contribution >= 4 is 34.9 Å². The van der Waals surface area contributed by atoms with E-state index in [1.165, 1.54) is 25.1 Å². The number of nitrogens with one attached hydrogen (secondary N) is 1. The number of imidazole rings is 1. The van der Waals surface area contributed by atoms with Crippen molar-refractivity contribution in [2.24, 2.45) is 12.1 Å². The van der Waals surface area contributed by atoms with E-state index in [4.69, 9.17) is 4.74 Å². The summed E-state index contributed by atoms with van der Waals surface area (Å²) in [5, 5.41) is 14.6. The number of methoxy groups -OCH3 is 1. The number of para-hydroxylation sites is 3. The van der Waals surface area contributed by atoms with E-state index in [0.717, 1.165) is 16.2 Å². The third kappa shape index (κ3) is 3.80. The standard InChI is InChI=1S/C18H18N4O3S/c1-22-14-8-4-3-7-13(14)20-18(22)26-11-16(23)21-19-10-12-6-5-9-15(25-2)17(12)24/h3-10,24H,11H2,1-2H3,(H,21,23). The first kappa shape index (κ1) is 17.8. The van der Waals surface area contributed by atoms with Crippen LogP contribution in [0.2, 0.25) is 0 Å². The zero-order valence-electron chi connectivity index (χ0n) is 14.3. The Bertz CT molecular complexity index is 968. The fraction of sp³-hybridized carbons (Fsp3) is 0.167. The number of hydrazone groups is 1. The van der Waals surface area contributed by atoms with E-state index >= 15 is 0 Å². The second-order valence-electron chi connectivity index (χ2n) is 5.42. The number of amides is 1. The Morgan fingerprint density at radius 3 is 2.92 bits per heavy atom. The maximum Gasteiger partial charge on any atom is 0.250 e. The second-order valence-corrected chi connectivity index (χ2v) is 6.36. The molecule has 0 radical (unpaired) electrons. The van der Waals surface area contributed by atoms with Crippen LogP contribution in [-0.2, 0) is 11.8 Å². The van der Waals surface area contributed by atoms with E-state index < -0.39 is 0 Å². The molecule has 2 N–H and O–H groups in total. The van der Waals surface area contributed by atoms with Gasteiger partial charge in [0.15, 0.2) is 16.7 Å². The maximum atomic E-state index is 12.0. The summed E-state index contributed by atoms with van der Waals surface area (Å²) < 4.78 is 6.97. The Morgan fingerprint density at radius 1 is 1.35 bits per heavy atom. The van der Waals surface area contributed by atoms with Gasteiger partial charge in [-0.05, 0) is 24.3 Å². The molecule has 0 aliphatic heterocycles. The summed E-state index contributed by atoms with van der Waals surface area (Å²) in [5.74, 6) is 0.235. The van der Waals surface area contributed by atoms with E-state index in [9.17, 15) is 9.90 Å². The first-order valence-corrected chi connectivity index (χ1v) is 8.81. The molecule has 0 spiro atoms. The number of aromatic hydroxyl groups is 1. The molecule has 0 saturated carbocycles. The molecule has 8 heteroatoms. The van der Waals surface area contributed by atoms with Gasteiger partial charge in [0, 0.05) is 12.6 Å². The highest BCUT2D eigenvalue weighted by atomic mass is 32.2. The summed E-state index contributed by atoms with van der Waals surface area (Å²) in [6.07, 6.45) is 1.37. The number of benzene rings is 2. The Kier molecular flexibility index (Phi) is 5.43. The minimum Gasteiger partial charge on any atom is -0.504 e. The number of fused-ring (bicyclic) bond motifs is 1. The fourth-order valence-corrected chi connectivity index (χ4v) is 3.18. The largest absolute Gasteiger partial charge is 0.504 e. The Hall–Kier alpha value is -3.00. The number of carbonyl (C=O) groups excluding carboxylic acids is 1. The van der Waals surface area contributed by atoms with E-state index in [2.05, 4.69) is 15.5 Å². The minimum atomic E-state index is -0.263. The Balaban J connectivity index is 1.58. The lowest BCUT2D eigenvalue weighted by atomic mass is 10.2. The summed E-state index contributed by atoms with van der Waals surface area (Å²) in [4.78, 5) is 16.5. The molecule has 0 fully saturated rings. The topological polar surface area (TPSA) is 88.7 Å². The molecular formula is C18H18N4O3S. The van der Waals surface area contributed by atoms with Gasteiger partial charge in [0.25, 0.3) is 5.91 Å². The van der Waals surface area contributed by atoms with Crippen molar-refractivity contribution in [3.63, 3.8) is 0 Å². The normalized spacial score (nSPS) is 11.2. The second kappa shape index (κ2) is 7.92. The Labute approximate surface area is 154 Å². The lowest BCUT2D eigenvalue weighted by Crippen LogP contribution is -2.19. The van der Waals surface area contributed by atoms with E-state index in [1.807, 2.05) is 35.9 Å². The number of carbonyl (C=O) groups is 1. The van der Waals surface area contributed by atoms with Crippen LogP contribution in [0.25, 0.3) is 11.0 Å². The van der Waals surface area contributed by atoms with Crippen LogP contribution in [0.5, 0.6) is 11.5 Å². The molecule has 134 valence electrons. The molecule has 26 heavy (non-hydrogen) atoms. The van der Waals surface area contributed by atoms with Crippen LogP contribution in [-0.4, -0.2) is 39.6 Å². The van der Waals surface area contributed by atoms with E-state index in [1.54, 1.807) is 18.2 Å². The number of ether oxygens (including phenoxy) is 1. The van der Waals surface area contributed by atoms with Gasteiger partial charge >= 0.3 is 0 Å². The van der Waals surface area contributed by atoms with Crippen molar-refractivity contribution in [3.8, 4) is 11.5 Å². The number of phenolic OH excluding ortho intramolecular Hbond substituents is 1. The van der Waals surface area contributed by atoms with Crippen molar-refractivity contribution in [2.75, 3.05) is 12.9 Å². The van der Waals surface area contributed by atoms with Crippen molar-refractivity contribution < 1.29 is 14.6 Å². The van der Waals surface area contributed by atoms with Gasteiger partial charge in [-0.25, -0.2) is 10.4 Å². The lowest BCUT2D eigenvalue weighted by molar-refractivity contribution is -0.118. The molecule has 3 rings (SSSR count). The van der Waals surface area contributed by atoms with Crippen LogP contribution < -0.4 is 10.2 Å². The molecule has 0 bridgehead atoms. The van der Waals surface area contributed by atoms with Gasteiger partial charge in [-0.2, -0.15) is 5.10 Å². The molecule has 2 aromatic carbocycles. The third-order valence-corrected chi connectivity index (χ3v) is 4.75. The smallest absolute Gasteiger partial charge is 0.250 e. The van der Waals surface area contributed by atoms with Gasteiger partial charge in [-0.15, -0.1) is 0 Å². The third-order valence-electron chi connectivity index (χ3n) is 3.72. The van der Waals surface area contributed by atoms with Crippen LogP contribution in [0.1, 0.15) is 5.56 Å². The lowest BCUT2D eigenvalue weighted by Gasteiger charge is -2.05. The fourth-order valence-electron chi connectivity index (χ4n) is 2.40. The van der Waals surface area contributed by atoms with Crippen molar-refractivity contribution in [2.45, 2.75) is 5.16 Å². The molecule has 1 heterocycles. The highest BCUT2D eigenvalue weighted by Gasteiger charge is 2.10. The number of phenols is 1. The van der Waals surface area contributed by atoms with Crippen LogP contribution in [0, 0.1) is 0 Å². The van der Waals surface area contributed by atoms with Gasteiger partial charge in [0.2, 0.25) is 0 Å². The number of hydrogen-bond donors (Lipinski definition) is 2. The number of hydrogen-bond acceptors (Lipinski definition) is 6. The number of rotatable bonds is 6. The average molecular weight is 370 g/mol. The molecule has 0 saturated heterocycles. The number of nitrogens with zero attached hydrogens (tertiary/aromatic N) is 3. The molecule has 1 amide bonds. The van der Waals surface area contributed by atoms with Gasteiger partial charge < -0.3 is 14.4 Å².